The summed E-state index contributed by atoms with van der Waals surface area (Å²) in [5, 5.41) is 6.98. The van der Waals surface area contributed by atoms with Crippen LogP contribution in [0.5, 0.6) is 5.88 Å². The van der Waals surface area contributed by atoms with Crippen LogP contribution in [0.2, 0.25) is 0 Å². The molecule has 2 aromatic rings. The van der Waals surface area contributed by atoms with Gasteiger partial charge in [-0.1, -0.05) is 0 Å². The summed E-state index contributed by atoms with van der Waals surface area (Å²) in [5.74, 6) is -1.30. The maximum Gasteiger partial charge on any atom is 0.341 e. The number of hydrogen-bond donors (Lipinski definition) is 2. The monoisotopic (exact) mass is 413 g/mol. The summed E-state index contributed by atoms with van der Waals surface area (Å²) >= 11 is 0. The number of halogens is 2. The standard InChI is InChI=1S/C17H20FN5O4.ClH/c1-2-26-17(25)10-6-22-23(9-10)11-5-12(15(19)24)16(21-7-11)27-14-3-4-20-8-13(14)18;/h5-7,9,13-14,20H,2-4,8H2,1H3,(H2,19,24);1H/t13-,14+;/m0./s1. The van der Waals surface area contributed by atoms with Crippen LogP contribution in [0.15, 0.2) is 24.7 Å². The van der Waals surface area contributed by atoms with Crippen molar-refractivity contribution in [2.24, 2.45) is 5.73 Å². The summed E-state index contributed by atoms with van der Waals surface area (Å²) in [6.07, 6.45) is 2.73. The second kappa shape index (κ2) is 9.47. The molecule has 1 aliphatic heterocycles. The number of primary amides is 1. The minimum atomic E-state index is -1.21. The lowest BCUT2D eigenvalue weighted by molar-refractivity contribution is 0.0526. The van der Waals surface area contributed by atoms with Crippen LogP contribution in [0.3, 0.4) is 0 Å². The number of amides is 1. The highest BCUT2D eigenvalue weighted by Crippen LogP contribution is 2.23. The zero-order valence-electron chi connectivity index (χ0n) is 15.1. The van der Waals surface area contributed by atoms with Gasteiger partial charge in [0.1, 0.15) is 17.8 Å². The van der Waals surface area contributed by atoms with E-state index in [2.05, 4.69) is 15.4 Å². The number of carbonyl (C=O) groups is 2. The fraction of sp³-hybridized carbons (Fsp3) is 0.412. The molecule has 0 aliphatic carbocycles. The van der Waals surface area contributed by atoms with Crippen molar-refractivity contribution in [2.75, 3.05) is 19.7 Å². The molecule has 0 radical (unpaired) electrons. The number of pyridine rings is 1. The molecule has 9 nitrogen and oxygen atoms in total. The van der Waals surface area contributed by atoms with E-state index >= 15 is 0 Å². The van der Waals surface area contributed by atoms with Crippen molar-refractivity contribution in [3.05, 3.63) is 35.8 Å². The first-order chi connectivity index (χ1) is 13.0. The molecule has 1 saturated heterocycles. The Hall–Kier alpha value is -2.72. The quantitative estimate of drug-likeness (QED) is 0.678. The molecular formula is C17H21ClFN5O4. The summed E-state index contributed by atoms with van der Waals surface area (Å²) in [6, 6.07) is 1.43. The summed E-state index contributed by atoms with van der Waals surface area (Å²) in [4.78, 5) is 27.7. The van der Waals surface area contributed by atoms with Gasteiger partial charge in [-0.25, -0.2) is 18.9 Å². The fourth-order valence-electron chi connectivity index (χ4n) is 2.69. The lowest BCUT2D eigenvalue weighted by Crippen LogP contribution is -2.44. The summed E-state index contributed by atoms with van der Waals surface area (Å²) in [6.45, 7) is 2.74. The molecule has 0 saturated carbocycles. The van der Waals surface area contributed by atoms with Gasteiger partial charge in [-0.2, -0.15) is 5.10 Å². The molecule has 3 rings (SSSR count). The zero-order valence-corrected chi connectivity index (χ0v) is 15.9. The summed E-state index contributed by atoms with van der Waals surface area (Å²) < 4.78 is 25.8. The van der Waals surface area contributed by atoms with Crippen LogP contribution in [-0.4, -0.2) is 58.6 Å². The Morgan fingerprint density at radius 2 is 2.21 bits per heavy atom. The lowest BCUT2D eigenvalue weighted by Gasteiger charge is -2.27. The van der Waals surface area contributed by atoms with E-state index in [1.165, 1.54) is 29.3 Å². The number of piperidine rings is 1. The van der Waals surface area contributed by atoms with Crippen molar-refractivity contribution in [1.82, 2.24) is 20.1 Å². The molecule has 11 heteroatoms. The molecule has 1 aliphatic rings. The van der Waals surface area contributed by atoms with Gasteiger partial charge in [0, 0.05) is 12.7 Å². The van der Waals surface area contributed by atoms with Gasteiger partial charge >= 0.3 is 5.97 Å². The van der Waals surface area contributed by atoms with Gasteiger partial charge in [-0.05, 0) is 26.0 Å². The average molecular weight is 414 g/mol. The minimum absolute atomic E-state index is 0. The minimum Gasteiger partial charge on any atom is -0.471 e. The molecule has 2 aromatic heterocycles. The molecule has 0 spiro atoms. The van der Waals surface area contributed by atoms with E-state index in [0.717, 1.165) is 0 Å². The van der Waals surface area contributed by atoms with Gasteiger partial charge in [0.15, 0.2) is 0 Å². The van der Waals surface area contributed by atoms with E-state index in [-0.39, 0.29) is 42.6 Å². The van der Waals surface area contributed by atoms with Crippen molar-refractivity contribution in [3.63, 3.8) is 0 Å². The molecule has 0 unspecified atom stereocenters. The number of aromatic nitrogens is 3. The largest absolute Gasteiger partial charge is 0.471 e. The molecule has 1 amide bonds. The van der Waals surface area contributed by atoms with Crippen LogP contribution < -0.4 is 15.8 Å². The third kappa shape index (κ3) is 4.76. The Balaban J connectivity index is 0.00000280. The van der Waals surface area contributed by atoms with Crippen molar-refractivity contribution >= 4 is 24.3 Å². The maximum atomic E-state index is 14.0. The Morgan fingerprint density at radius 3 is 2.89 bits per heavy atom. The SMILES string of the molecule is CCOC(=O)c1cnn(-c2cnc(O[C@@H]3CCNC[C@@H]3F)c(C(N)=O)c2)c1.Cl. The highest BCUT2D eigenvalue weighted by Gasteiger charge is 2.28. The number of hydrogen-bond acceptors (Lipinski definition) is 7. The van der Waals surface area contributed by atoms with Gasteiger partial charge in [-0.15, -0.1) is 12.4 Å². The second-order valence-corrected chi connectivity index (χ2v) is 5.97. The highest BCUT2D eigenvalue weighted by atomic mass is 35.5. The number of nitrogens with one attached hydrogen (secondary N) is 1. The number of esters is 1. The predicted molar refractivity (Wildman–Crippen MR) is 99.9 cm³/mol. The highest BCUT2D eigenvalue weighted by molar-refractivity contribution is 5.95. The summed E-state index contributed by atoms with van der Waals surface area (Å²) in [7, 11) is 0. The Labute approximate surface area is 166 Å². The normalized spacial score (nSPS) is 18.8. The first-order valence-corrected chi connectivity index (χ1v) is 8.53. The molecule has 28 heavy (non-hydrogen) atoms. The van der Waals surface area contributed by atoms with Crippen LogP contribution in [0.1, 0.15) is 34.1 Å². The third-order valence-corrected chi connectivity index (χ3v) is 4.07. The fourth-order valence-corrected chi connectivity index (χ4v) is 2.69. The first kappa shape index (κ1) is 21.6. The summed E-state index contributed by atoms with van der Waals surface area (Å²) in [5.41, 5.74) is 6.09. The number of alkyl halides is 1. The topological polar surface area (TPSA) is 121 Å². The molecule has 152 valence electrons. The number of nitrogens with zero attached hydrogens (tertiary/aromatic N) is 3. The van der Waals surface area contributed by atoms with Gasteiger partial charge in [-0.3, -0.25) is 4.79 Å². The van der Waals surface area contributed by atoms with Gasteiger partial charge in [0.05, 0.1) is 30.3 Å². The maximum absolute atomic E-state index is 14.0. The van der Waals surface area contributed by atoms with E-state index in [9.17, 15) is 14.0 Å². The Bertz CT molecular complexity index is 847. The number of nitrogens with two attached hydrogens (primary N) is 1. The number of carbonyl (C=O) groups excluding carboxylic acids is 2. The van der Waals surface area contributed by atoms with E-state index in [0.29, 0.717) is 18.7 Å². The Morgan fingerprint density at radius 1 is 1.43 bits per heavy atom. The molecular weight excluding hydrogens is 393 g/mol. The van der Waals surface area contributed by atoms with E-state index in [1.54, 1.807) is 6.92 Å². The average Bonchev–Trinajstić information content (AvgIpc) is 3.14. The predicted octanol–water partition coefficient (Wildman–Crippen LogP) is 1.04. The molecule has 0 bridgehead atoms. The van der Waals surface area contributed by atoms with Gasteiger partial charge in [0.2, 0.25) is 5.88 Å². The molecule has 1 fully saturated rings. The van der Waals surface area contributed by atoms with Crippen molar-refractivity contribution in [2.45, 2.75) is 25.6 Å². The second-order valence-electron chi connectivity index (χ2n) is 5.97. The van der Waals surface area contributed by atoms with Crippen LogP contribution in [0.25, 0.3) is 5.69 Å². The zero-order chi connectivity index (χ0) is 19.4. The van der Waals surface area contributed by atoms with Gasteiger partial charge in [0.25, 0.3) is 5.91 Å². The van der Waals surface area contributed by atoms with Crippen LogP contribution in [-0.2, 0) is 4.74 Å². The van der Waals surface area contributed by atoms with E-state index in [4.69, 9.17) is 15.2 Å². The van der Waals surface area contributed by atoms with Crippen molar-refractivity contribution in [1.29, 1.82) is 0 Å². The lowest BCUT2D eigenvalue weighted by atomic mass is 10.1. The molecule has 3 heterocycles. The smallest absolute Gasteiger partial charge is 0.341 e. The van der Waals surface area contributed by atoms with Crippen molar-refractivity contribution < 1.29 is 23.5 Å². The van der Waals surface area contributed by atoms with Gasteiger partial charge < -0.3 is 20.5 Å². The van der Waals surface area contributed by atoms with E-state index < -0.39 is 24.2 Å². The number of ether oxygens (including phenoxy) is 2. The van der Waals surface area contributed by atoms with Crippen LogP contribution in [0.4, 0.5) is 4.39 Å². The molecule has 0 aromatic carbocycles. The molecule has 2 atom stereocenters. The first-order valence-electron chi connectivity index (χ1n) is 8.53. The van der Waals surface area contributed by atoms with Crippen molar-refractivity contribution in [3.8, 4) is 11.6 Å². The molecule has 3 N–H and O–H groups in total. The van der Waals surface area contributed by atoms with E-state index in [1.807, 2.05) is 0 Å². The number of rotatable bonds is 6. The van der Waals surface area contributed by atoms with Crippen LogP contribution >= 0.6 is 12.4 Å². The van der Waals surface area contributed by atoms with Crippen LogP contribution in [0, 0.1) is 0 Å². The third-order valence-electron chi connectivity index (χ3n) is 4.07. The Kier molecular flexibility index (Phi) is 7.30.